The summed E-state index contributed by atoms with van der Waals surface area (Å²) in [6.07, 6.45) is 3.64. The van der Waals surface area contributed by atoms with E-state index in [1.807, 2.05) is 0 Å². The van der Waals surface area contributed by atoms with Crippen LogP contribution >= 0.6 is 0 Å². The van der Waals surface area contributed by atoms with Crippen molar-refractivity contribution in [3.05, 3.63) is 29.5 Å². The molecule has 6 heteroatoms. The second-order valence-corrected chi connectivity index (χ2v) is 2.04. The minimum atomic E-state index is -0.0345. The Morgan fingerprint density at radius 2 is 2.62 bits per heavy atom. The summed E-state index contributed by atoms with van der Waals surface area (Å²) < 4.78 is 0.533. The Morgan fingerprint density at radius 3 is 3.15 bits per heavy atom. The maximum absolute atomic E-state index is 10.8. The van der Waals surface area contributed by atoms with Gasteiger partial charge in [-0.3, -0.25) is 0 Å². The van der Waals surface area contributed by atoms with E-state index in [0.717, 1.165) is 6.20 Å². The van der Waals surface area contributed by atoms with Crippen molar-refractivity contribution < 1.29 is 9.57 Å². The maximum atomic E-state index is 10.8. The number of rotatable bonds is 2. The normalized spacial score (nSPS) is 10.6. The van der Waals surface area contributed by atoms with Gasteiger partial charge in [-0.1, -0.05) is 5.16 Å². The molecule has 0 saturated carbocycles. The topological polar surface area (TPSA) is 85.2 Å². The lowest BCUT2D eigenvalue weighted by molar-refractivity contribution is -0.606. The lowest BCUT2D eigenvalue weighted by Crippen LogP contribution is -2.26. The fourth-order valence-electron chi connectivity index (χ4n) is 0.714. The molecule has 0 aliphatic rings. The van der Waals surface area contributed by atoms with E-state index in [1.165, 1.54) is 19.5 Å². The molecule has 13 heavy (non-hydrogen) atoms. The van der Waals surface area contributed by atoms with Gasteiger partial charge >= 0.3 is 0 Å². The quantitative estimate of drug-likeness (QED) is 0.266. The molecule has 1 aromatic rings. The van der Waals surface area contributed by atoms with Gasteiger partial charge in [0.15, 0.2) is 11.9 Å². The van der Waals surface area contributed by atoms with Crippen LogP contribution in [0.25, 0.3) is 0 Å². The Morgan fingerprint density at radius 1 is 1.85 bits per heavy atom. The molecule has 0 spiro atoms. The third kappa shape index (κ3) is 2.13. The van der Waals surface area contributed by atoms with Crippen LogP contribution in [0.4, 0.5) is 0 Å². The van der Waals surface area contributed by atoms with Crippen LogP contribution in [0.3, 0.4) is 0 Å². The van der Waals surface area contributed by atoms with Gasteiger partial charge in [-0.15, -0.1) is 0 Å². The molecular formula is C7H6N4O2. The van der Waals surface area contributed by atoms with Crippen LogP contribution in [0.2, 0.25) is 0 Å². The molecule has 1 heterocycles. The van der Waals surface area contributed by atoms with Crippen molar-refractivity contribution in [2.24, 2.45) is 5.16 Å². The Labute approximate surface area is 74.3 Å². The molecule has 0 aliphatic carbocycles. The average molecular weight is 178 g/mol. The second kappa shape index (κ2) is 4.01. The molecule has 0 aliphatic heterocycles. The van der Waals surface area contributed by atoms with Gasteiger partial charge in [-0.25, -0.2) is 4.98 Å². The molecule has 0 bridgehead atoms. The molecule has 1 aromatic heterocycles. The summed E-state index contributed by atoms with van der Waals surface area (Å²) in [5.41, 5.74) is 0.148. The third-order valence-electron chi connectivity index (χ3n) is 1.21. The highest BCUT2D eigenvalue weighted by Crippen LogP contribution is 1.92. The maximum Gasteiger partial charge on any atom is 0.211 e. The zero-order valence-electron chi connectivity index (χ0n) is 6.84. The van der Waals surface area contributed by atoms with Crippen LogP contribution in [-0.4, -0.2) is 17.8 Å². The predicted octanol–water partition coefficient (Wildman–Crippen LogP) is -0.411. The first-order chi connectivity index (χ1) is 6.27. The minimum absolute atomic E-state index is 0.0345. The minimum Gasteiger partial charge on any atom is -0.619 e. The largest absolute Gasteiger partial charge is 0.619 e. The molecule has 0 saturated heterocycles. The van der Waals surface area contributed by atoms with Gasteiger partial charge in [0.05, 0.1) is 6.20 Å². The van der Waals surface area contributed by atoms with E-state index in [4.69, 9.17) is 5.26 Å². The molecule has 0 atom stereocenters. The summed E-state index contributed by atoms with van der Waals surface area (Å²) in [5, 5.41) is 22.8. The Bertz CT molecular complexity index is 369. The van der Waals surface area contributed by atoms with E-state index >= 15 is 0 Å². The number of hydrogen-bond acceptors (Lipinski definition) is 5. The molecule has 0 aromatic carbocycles. The van der Waals surface area contributed by atoms with E-state index in [-0.39, 0.29) is 11.4 Å². The lowest BCUT2D eigenvalue weighted by Gasteiger charge is -1.96. The monoisotopic (exact) mass is 178 g/mol. The van der Waals surface area contributed by atoms with Crippen molar-refractivity contribution in [2.75, 3.05) is 7.11 Å². The zero-order chi connectivity index (χ0) is 9.68. The molecule has 6 nitrogen and oxygen atoms in total. The summed E-state index contributed by atoms with van der Waals surface area (Å²) in [7, 11) is 1.31. The lowest BCUT2D eigenvalue weighted by atomic mass is 10.3. The van der Waals surface area contributed by atoms with Crippen LogP contribution in [0, 0.1) is 16.5 Å². The summed E-state index contributed by atoms with van der Waals surface area (Å²) in [4.78, 5) is 8.18. The van der Waals surface area contributed by atoms with Crippen molar-refractivity contribution in [3.8, 4) is 6.07 Å². The highest BCUT2D eigenvalue weighted by molar-refractivity contribution is 6.09. The van der Waals surface area contributed by atoms with Crippen LogP contribution < -0.4 is 4.73 Å². The highest BCUT2D eigenvalue weighted by atomic mass is 16.6. The van der Waals surface area contributed by atoms with Gasteiger partial charge in [0.2, 0.25) is 11.9 Å². The molecular weight excluding hydrogens is 172 g/mol. The number of hydrogen-bond donors (Lipinski definition) is 0. The SMILES string of the molecule is CO/N=C(\C#N)c1c[n+]([O-])ccn1. The van der Waals surface area contributed by atoms with Crippen LogP contribution in [0.5, 0.6) is 0 Å². The van der Waals surface area contributed by atoms with Gasteiger partial charge < -0.3 is 10.0 Å². The standard InChI is InChI=1S/C7H6N4O2/c1-13-10-6(4-8)7-5-11(12)3-2-9-7/h2-3,5H,1H3/b10-6+. The van der Waals surface area contributed by atoms with Crippen LogP contribution in [0.1, 0.15) is 5.69 Å². The predicted molar refractivity (Wildman–Crippen MR) is 42.4 cm³/mol. The summed E-state index contributed by atoms with van der Waals surface area (Å²) >= 11 is 0. The molecule has 0 N–H and O–H groups in total. The van der Waals surface area contributed by atoms with Gasteiger partial charge in [-0.2, -0.15) is 9.99 Å². The van der Waals surface area contributed by atoms with E-state index in [1.54, 1.807) is 6.07 Å². The van der Waals surface area contributed by atoms with Gasteiger partial charge in [-0.05, 0) is 0 Å². The van der Waals surface area contributed by atoms with E-state index in [2.05, 4.69) is 15.0 Å². The first-order valence-corrected chi connectivity index (χ1v) is 3.34. The van der Waals surface area contributed by atoms with E-state index in [0.29, 0.717) is 4.73 Å². The number of nitrogens with zero attached hydrogens (tertiary/aromatic N) is 4. The summed E-state index contributed by atoms with van der Waals surface area (Å²) in [6.45, 7) is 0. The third-order valence-corrected chi connectivity index (χ3v) is 1.21. The number of aromatic nitrogens is 2. The first-order valence-electron chi connectivity index (χ1n) is 3.34. The second-order valence-electron chi connectivity index (χ2n) is 2.04. The van der Waals surface area contributed by atoms with Crippen molar-refractivity contribution >= 4 is 5.71 Å². The summed E-state index contributed by atoms with van der Waals surface area (Å²) in [6, 6.07) is 1.76. The Hall–Kier alpha value is -2.16. The number of nitriles is 1. The molecule has 1 rings (SSSR count). The highest BCUT2D eigenvalue weighted by Gasteiger charge is 2.07. The van der Waals surface area contributed by atoms with Crippen LogP contribution in [0.15, 0.2) is 23.7 Å². The molecule has 66 valence electrons. The molecule has 0 fully saturated rings. The Kier molecular flexibility index (Phi) is 2.76. The fraction of sp³-hybridized carbons (Fsp3) is 0.143. The summed E-state index contributed by atoms with van der Waals surface area (Å²) in [5.74, 6) is 0. The van der Waals surface area contributed by atoms with E-state index < -0.39 is 0 Å². The van der Waals surface area contributed by atoms with Crippen molar-refractivity contribution in [1.82, 2.24) is 4.98 Å². The average Bonchev–Trinajstić information content (AvgIpc) is 2.14. The van der Waals surface area contributed by atoms with Crippen molar-refractivity contribution in [3.63, 3.8) is 0 Å². The Balaban J connectivity index is 3.07. The smallest absolute Gasteiger partial charge is 0.211 e. The first kappa shape index (κ1) is 8.93. The van der Waals surface area contributed by atoms with Crippen molar-refractivity contribution in [2.45, 2.75) is 0 Å². The van der Waals surface area contributed by atoms with Crippen LogP contribution in [-0.2, 0) is 4.84 Å². The van der Waals surface area contributed by atoms with Gasteiger partial charge in [0.25, 0.3) is 0 Å². The zero-order valence-corrected chi connectivity index (χ0v) is 6.84. The van der Waals surface area contributed by atoms with Gasteiger partial charge in [0.1, 0.15) is 13.2 Å². The molecule has 0 radical (unpaired) electrons. The number of oxime groups is 1. The van der Waals surface area contributed by atoms with Crippen molar-refractivity contribution in [1.29, 1.82) is 5.26 Å². The molecule has 0 amide bonds. The fourth-order valence-corrected chi connectivity index (χ4v) is 0.714. The van der Waals surface area contributed by atoms with Gasteiger partial charge in [0, 0.05) is 0 Å². The van der Waals surface area contributed by atoms with E-state index in [9.17, 15) is 5.21 Å². The molecule has 0 unspecified atom stereocenters.